The molecular weight excluding hydrogens is 505 g/mol. The van der Waals surface area contributed by atoms with Gasteiger partial charge in [0.1, 0.15) is 0 Å². The van der Waals surface area contributed by atoms with Crippen LogP contribution in [0.5, 0.6) is 0 Å². The lowest BCUT2D eigenvalue weighted by Gasteiger charge is -2.26. The number of ether oxygens (including phenoxy) is 1. The molecule has 0 aromatic heterocycles. The van der Waals surface area contributed by atoms with Crippen molar-refractivity contribution in [1.82, 2.24) is 20.4 Å². The van der Waals surface area contributed by atoms with Crippen LogP contribution in [-0.4, -0.2) is 73.6 Å². The monoisotopic (exact) mass is 543 g/mol. The number of aliphatic imine (C=N–C) groups is 1. The van der Waals surface area contributed by atoms with Crippen LogP contribution in [0.4, 0.5) is 0 Å². The number of nitrogens with zero attached hydrogens (tertiary/aromatic N) is 3. The van der Waals surface area contributed by atoms with E-state index in [1.807, 2.05) is 18.7 Å². The molecule has 1 atom stereocenters. The highest BCUT2D eigenvalue weighted by molar-refractivity contribution is 14.0. The summed E-state index contributed by atoms with van der Waals surface area (Å²) in [7, 11) is 0. The Morgan fingerprint density at radius 3 is 2.68 bits per heavy atom. The van der Waals surface area contributed by atoms with Crippen molar-refractivity contribution in [3.63, 3.8) is 0 Å². The van der Waals surface area contributed by atoms with Gasteiger partial charge in [-0.1, -0.05) is 38.1 Å². The molecule has 7 nitrogen and oxygen atoms in total. The Kier molecular flexibility index (Phi) is 11.0. The maximum atomic E-state index is 12.2. The molecule has 2 saturated heterocycles. The maximum absolute atomic E-state index is 12.2. The Morgan fingerprint density at radius 2 is 1.97 bits per heavy atom. The van der Waals surface area contributed by atoms with E-state index < -0.39 is 0 Å². The minimum Gasteiger partial charge on any atom is -0.379 e. The smallest absolute Gasteiger partial charge is 0.225 e. The number of nitrogens with one attached hydrogen (secondary N) is 2. The summed E-state index contributed by atoms with van der Waals surface area (Å²) >= 11 is 0. The number of rotatable bonds is 7. The molecule has 8 heteroatoms. The fourth-order valence-electron chi connectivity index (χ4n) is 3.97. The molecule has 2 aliphatic rings. The van der Waals surface area contributed by atoms with Gasteiger partial charge < -0.3 is 20.3 Å². The number of carbonyl (C=O) groups is 1. The van der Waals surface area contributed by atoms with E-state index in [0.717, 1.165) is 64.9 Å². The number of guanidine groups is 1. The van der Waals surface area contributed by atoms with E-state index in [-0.39, 0.29) is 41.8 Å². The van der Waals surface area contributed by atoms with Crippen LogP contribution >= 0.6 is 24.0 Å². The van der Waals surface area contributed by atoms with E-state index in [9.17, 15) is 4.79 Å². The van der Waals surface area contributed by atoms with Crippen molar-refractivity contribution in [2.24, 2.45) is 10.9 Å². The van der Waals surface area contributed by atoms with Crippen LogP contribution in [-0.2, 0) is 22.6 Å². The predicted molar refractivity (Wildman–Crippen MR) is 136 cm³/mol. The molecule has 2 fully saturated rings. The van der Waals surface area contributed by atoms with E-state index in [1.54, 1.807) is 0 Å². The highest BCUT2D eigenvalue weighted by Gasteiger charge is 2.27. The second kappa shape index (κ2) is 13.2. The van der Waals surface area contributed by atoms with Crippen LogP contribution < -0.4 is 10.6 Å². The first kappa shape index (κ1) is 25.9. The lowest BCUT2D eigenvalue weighted by molar-refractivity contribution is -0.133. The van der Waals surface area contributed by atoms with Crippen LogP contribution in [0.1, 0.15) is 38.3 Å². The Labute approximate surface area is 204 Å². The average Bonchev–Trinajstić information content (AvgIpc) is 3.21. The minimum absolute atomic E-state index is 0. The normalized spacial score (nSPS) is 19.9. The van der Waals surface area contributed by atoms with Crippen molar-refractivity contribution in [2.45, 2.75) is 46.3 Å². The number of carbonyl (C=O) groups excluding carboxylic acids is 1. The SMILES string of the molecule is CCNC(=NCc1cccc(CN2CCOCC2)c1)NC1CCN(C(=O)C(C)C)C1.I. The molecule has 1 amide bonds. The fraction of sp³-hybridized carbons (Fsp3) is 0.652. The van der Waals surface area contributed by atoms with Crippen molar-refractivity contribution >= 4 is 35.8 Å². The number of amides is 1. The summed E-state index contributed by atoms with van der Waals surface area (Å²) in [6.07, 6.45) is 0.956. The first-order chi connectivity index (χ1) is 14.5. The van der Waals surface area contributed by atoms with Crippen LogP contribution in [0.25, 0.3) is 0 Å². The van der Waals surface area contributed by atoms with Crippen molar-refractivity contribution in [1.29, 1.82) is 0 Å². The summed E-state index contributed by atoms with van der Waals surface area (Å²) in [6, 6.07) is 8.94. The highest BCUT2D eigenvalue weighted by atomic mass is 127. The van der Waals surface area contributed by atoms with Gasteiger partial charge in [-0.25, -0.2) is 4.99 Å². The molecule has 2 heterocycles. The quantitative estimate of drug-likeness (QED) is 0.314. The first-order valence-corrected chi connectivity index (χ1v) is 11.3. The Bertz CT molecular complexity index is 722. The molecule has 0 aliphatic carbocycles. The van der Waals surface area contributed by atoms with Gasteiger partial charge in [0.25, 0.3) is 0 Å². The lowest BCUT2D eigenvalue weighted by atomic mass is 10.1. The topological polar surface area (TPSA) is 69.2 Å². The van der Waals surface area contributed by atoms with Crippen molar-refractivity contribution in [3.05, 3.63) is 35.4 Å². The van der Waals surface area contributed by atoms with Gasteiger partial charge in [-0.2, -0.15) is 0 Å². The summed E-state index contributed by atoms with van der Waals surface area (Å²) in [5.41, 5.74) is 2.53. The van der Waals surface area contributed by atoms with Gasteiger partial charge in [0, 0.05) is 51.2 Å². The second-order valence-corrected chi connectivity index (χ2v) is 8.47. The third kappa shape index (κ3) is 8.23. The molecule has 174 valence electrons. The van der Waals surface area contributed by atoms with E-state index >= 15 is 0 Å². The molecule has 0 saturated carbocycles. The standard InChI is InChI=1S/C23H37N5O2.HI/c1-4-24-23(26-21-8-9-28(17-21)22(29)18(2)3)25-15-19-6-5-7-20(14-19)16-27-10-12-30-13-11-27;/h5-7,14,18,21H,4,8-13,15-17H2,1-3H3,(H2,24,25,26);1H. The van der Waals surface area contributed by atoms with Crippen molar-refractivity contribution in [3.8, 4) is 0 Å². The molecule has 0 spiro atoms. The summed E-state index contributed by atoms with van der Waals surface area (Å²) in [5, 5.41) is 6.85. The predicted octanol–water partition coefficient (Wildman–Crippen LogP) is 2.45. The van der Waals surface area contributed by atoms with Gasteiger partial charge in [0.2, 0.25) is 5.91 Å². The highest BCUT2D eigenvalue weighted by Crippen LogP contribution is 2.13. The van der Waals surface area contributed by atoms with E-state index in [2.05, 4.69) is 46.7 Å². The first-order valence-electron chi connectivity index (χ1n) is 11.3. The number of halogens is 1. The molecule has 2 aliphatic heterocycles. The molecule has 0 radical (unpaired) electrons. The van der Waals surface area contributed by atoms with Crippen LogP contribution in [0, 0.1) is 5.92 Å². The van der Waals surface area contributed by atoms with E-state index in [1.165, 1.54) is 11.1 Å². The number of hydrogen-bond donors (Lipinski definition) is 2. The van der Waals surface area contributed by atoms with Gasteiger partial charge in [-0.15, -0.1) is 24.0 Å². The van der Waals surface area contributed by atoms with E-state index in [4.69, 9.17) is 9.73 Å². The zero-order chi connectivity index (χ0) is 21.3. The van der Waals surface area contributed by atoms with Gasteiger partial charge in [-0.05, 0) is 24.5 Å². The average molecular weight is 543 g/mol. The Morgan fingerprint density at radius 1 is 1.23 bits per heavy atom. The number of hydrogen-bond acceptors (Lipinski definition) is 4. The van der Waals surface area contributed by atoms with Crippen molar-refractivity contribution in [2.75, 3.05) is 45.9 Å². The summed E-state index contributed by atoms with van der Waals surface area (Å²) in [4.78, 5) is 21.4. The van der Waals surface area contributed by atoms with Crippen LogP contribution in [0.15, 0.2) is 29.3 Å². The summed E-state index contributed by atoms with van der Waals surface area (Å²) in [6.45, 7) is 13.6. The van der Waals surface area contributed by atoms with Crippen LogP contribution in [0.3, 0.4) is 0 Å². The molecule has 1 aromatic rings. The second-order valence-electron chi connectivity index (χ2n) is 8.47. The largest absolute Gasteiger partial charge is 0.379 e. The number of morpholine rings is 1. The zero-order valence-electron chi connectivity index (χ0n) is 19.1. The summed E-state index contributed by atoms with van der Waals surface area (Å²) < 4.78 is 5.44. The molecule has 2 N–H and O–H groups in total. The number of likely N-dealkylation sites (tertiary alicyclic amines) is 1. The van der Waals surface area contributed by atoms with Crippen LogP contribution in [0.2, 0.25) is 0 Å². The van der Waals surface area contributed by atoms with Gasteiger partial charge in [0.05, 0.1) is 19.8 Å². The Hall–Kier alpha value is -1.39. The molecule has 0 bridgehead atoms. The minimum atomic E-state index is 0. The molecule has 3 rings (SSSR count). The Balaban J connectivity index is 0.00000341. The molecular formula is C23H38IN5O2. The fourth-order valence-corrected chi connectivity index (χ4v) is 3.97. The van der Waals surface area contributed by atoms with Gasteiger partial charge in [-0.3, -0.25) is 9.69 Å². The lowest BCUT2D eigenvalue weighted by Crippen LogP contribution is -2.45. The maximum Gasteiger partial charge on any atom is 0.225 e. The molecule has 31 heavy (non-hydrogen) atoms. The van der Waals surface area contributed by atoms with Gasteiger partial charge in [0.15, 0.2) is 5.96 Å². The molecule has 1 unspecified atom stereocenters. The van der Waals surface area contributed by atoms with E-state index in [0.29, 0.717) is 6.54 Å². The summed E-state index contributed by atoms with van der Waals surface area (Å²) in [5.74, 6) is 1.11. The zero-order valence-corrected chi connectivity index (χ0v) is 21.4. The molecule has 1 aromatic carbocycles. The van der Waals surface area contributed by atoms with Crippen molar-refractivity contribution < 1.29 is 9.53 Å². The third-order valence-corrected chi connectivity index (χ3v) is 5.60. The number of benzene rings is 1. The van der Waals surface area contributed by atoms with Gasteiger partial charge >= 0.3 is 0 Å². The third-order valence-electron chi connectivity index (χ3n) is 5.60.